The number of aromatic nitrogens is 4. The summed E-state index contributed by atoms with van der Waals surface area (Å²) in [6.45, 7) is 0. The van der Waals surface area contributed by atoms with Gasteiger partial charge in [0.25, 0.3) is 0 Å². The van der Waals surface area contributed by atoms with Crippen LogP contribution in [-0.2, 0) is 13.5 Å². The Kier molecular flexibility index (Phi) is 3.52. The smallest absolute Gasteiger partial charge is 0.177 e. The van der Waals surface area contributed by atoms with Crippen LogP contribution in [0.3, 0.4) is 0 Å². The topological polar surface area (TPSA) is 73.1 Å². The number of tetrazole rings is 1. The quantitative estimate of drug-likeness (QED) is 0.864. The van der Waals surface area contributed by atoms with Gasteiger partial charge < -0.3 is 9.84 Å². The molecule has 1 aromatic heterocycles. The van der Waals surface area contributed by atoms with Gasteiger partial charge in [-0.3, -0.25) is 0 Å². The third-order valence-corrected chi connectivity index (χ3v) is 2.49. The number of methoxy groups -OCH3 is 1. The van der Waals surface area contributed by atoms with Gasteiger partial charge in [0.05, 0.1) is 20.3 Å². The van der Waals surface area contributed by atoms with Crippen LogP contribution in [0.1, 0.15) is 17.5 Å². The number of hydrogen-bond donors (Lipinski definition) is 1. The summed E-state index contributed by atoms with van der Waals surface area (Å²) in [5.41, 5.74) is 0.184. The van der Waals surface area contributed by atoms with Crippen LogP contribution in [-0.4, -0.2) is 32.4 Å². The Morgan fingerprint density at radius 1 is 1.50 bits per heavy atom. The van der Waals surface area contributed by atoms with E-state index in [0.717, 1.165) is 0 Å². The van der Waals surface area contributed by atoms with Crippen LogP contribution < -0.4 is 4.74 Å². The van der Waals surface area contributed by atoms with Gasteiger partial charge in [-0.15, -0.1) is 10.2 Å². The first kappa shape index (κ1) is 12.4. The largest absolute Gasteiger partial charge is 0.497 e. The van der Waals surface area contributed by atoms with E-state index in [1.54, 1.807) is 13.1 Å². The molecule has 0 aliphatic heterocycles. The summed E-state index contributed by atoms with van der Waals surface area (Å²) in [6.07, 6.45) is -0.906. The molecule has 1 unspecified atom stereocenters. The molecule has 0 amide bonds. The normalized spacial score (nSPS) is 12.4. The Morgan fingerprint density at radius 2 is 2.28 bits per heavy atom. The third-order valence-electron chi connectivity index (χ3n) is 2.49. The molecule has 0 aliphatic rings. The van der Waals surface area contributed by atoms with Crippen molar-refractivity contribution in [2.75, 3.05) is 7.11 Å². The van der Waals surface area contributed by atoms with Crippen molar-refractivity contribution in [3.63, 3.8) is 0 Å². The molecule has 0 aliphatic carbocycles. The highest BCUT2D eigenvalue weighted by atomic mass is 19.1. The highest BCUT2D eigenvalue weighted by Crippen LogP contribution is 2.23. The predicted molar refractivity (Wildman–Crippen MR) is 60.4 cm³/mol. The fraction of sp³-hybridized carbons (Fsp3) is 0.364. The minimum atomic E-state index is -1.01. The molecule has 2 rings (SSSR count). The summed E-state index contributed by atoms with van der Waals surface area (Å²) in [5.74, 6) is 0.243. The third kappa shape index (κ3) is 2.62. The second-order valence-electron chi connectivity index (χ2n) is 3.80. The van der Waals surface area contributed by atoms with Crippen molar-refractivity contribution in [1.82, 2.24) is 20.2 Å². The highest BCUT2D eigenvalue weighted by Gasteiger charge is 2.16. The number of nitrogens with zero attached hydrogens (tertiary/aromatic N) is 4. The van der Waals surface area contributed by atoms with Crippen LogP contribution >= 0.6 is 0 Å². The minimum Gasteiger partial charge on any atom is -0.497 e. The number of rotatable bonds is 4. The lowest BCUT2D eigenvalue weighted by Crippen LogP contribution is -2.06. The first-order valence-electron chi connectivity index (χ1n) is 5.34. The van der Waals surface area contributed by atoms with Crippen LogP contribution in [0.5, 0.6) is 5.75 Å². The summed E-state index contributed by atoms with van der Waals surface area (Å²) in [6, 6.07) is 4.30. The van der Waals surface area contributed by atoms with Crippen molar-refractivity contribution < 1.29 is 14.2 Å². The molecule has 0 radical (unpaired) electrons. The molecule has 1 heterocycles. The Labute approximate surface area is 103 Å². The molecule has 1 aromatic carbocycles. The van der Waals surface area contributed by atoms with Crippen molar-refractivity contribution in [1.29, 1.82) is 0 Å². The molecule has 7 heteroatoms. The van der Waals surface area contributed by atoms with Gasteiger partial charge in [0.1, 0.15) is 11.6 Å². The lowest BCUT2D eigenvalue weighted by Gasteiger charge is -2.10. The first-order chi connectivity index (χ1) is 8.60. The van der Waals surface area contributed by atoms with Gasteiger partial charge in [-0.25, -0.2) is 4.39 Å². The molecule has 0 fully saturated rings. The molecule has 1 atom stereocenters. The Balaban J connectivity index is 2.15. The molecular formula is C11H13FN4O2. The van der Waals surface area contributed by atoms with Gasteiger partial charge in [-0.2, -0.15) is 4.80 Å². The van der Waals surface area contributed by atoms with Crippen LogP contribution in [0.4, 0.5) is 4.39 Å². The molecule has 18 heavy (non-hydrogen) atoms. The Morgan fingerprint density at radius 3 is 2.83 bits per heavy atom. The van der Waals surface area contributed by atoms with E-state index in [1.165, 1.54) is 24.0 Å². The van der Waals surface area contributed by atoms with Crippen molar-refractivity contribution in [2.24, 2.45) is 7.05 Å². The van der Waals surface area contributed by atoms with Crippen LogP contribution in [0.15, 0.2) is 18.2 Å². The molecule has 0 saturated carbocycles. The van der Waals surface area contributed by atoms with Crippen molar-refractivity contribution in [2.45, 2.75) is 12.5 Å². The zero-order valence-electron chi connectivity index (χ0n) is 10.0. The lowest BCUT2D eigenvalue weighted by atomic mass is 10.1. The molecule has 0 bridgehead atoms. The summed E-state index contributed by atoms with van der Waals surface area (Å²) < 4.78 is 18.6. The van der Waals surface area contributed by atoms with E-state index >= 15 is 0 Å². The van der Waals surface area contributed by atoms with Gasteiger partial charge in [0, 0.05) is 18.1 Å². The van der Waals surface area contributed by atoms with Gasteiger partial charge in [-0.05, 0) is 17.3 Å². The van der Waals surface area contributed by atoms with E-state index in [4.69, 9.17) is 4.74 Å². The first-order valence-corrected chi connectivity index (χ1v) is 5.34. The van der Waals surface area contributed by atoms with Crippen LogP contribution in [0, 0.1) is 5.82 Å². The maximum atomic E-state index is 13.7. The zero-order chi connectivity index (χ0) is 13.1. The van der Waals surface area contributed by atoms with Crippen molar-refractivity contribution >= 4 is 0 Å². The fourth-order valence-electron chi connectivity index (χ4n) is 1.59. The molecule has 96 valence electrons. The fourth-order valence-corrected chi connectivity index (χ4v) is 1.59. The number of ether oxygens (including phenoxy) is 1. The summed E-state index contributed by atoms with van der Waals surface area (Å²) in [5, 5.41) is 21.2. The molecular weight excluding hydrogens is 239 g/mol. The van der Waals surface area contributed by atoms with E-state index in [-0.39, 0.29) is 12.0 Å². The second-order valence-corrected chi connectivity index (χ2v) is 3.80. The Bertz CT molecular complexity index is 544. The van der Waals surface area contributed by atoms with Gasteiger partial charge >= 0.3 is 0 Å². The number of halogens is 1. The number of aliphatic hydroxyl groups excluding tert-OH is 1. The van der Waals surface area contributed by atoms with E-state index in [2.05, 4.69) is 15.4 Å². The van der Waals surface area contributed by atoms with E-state index in [1.807, 2.05) is 0 Å². The summed E-state index contributed by atoms with van der Waals surface area (Å²) in [7, 11) is 3.07. The molecule has 1 N–H and O–H groups in total. The van der Waals surface area contributed by atoms with Crippen LogP contribution in [0.25, 0.3) is 0 Å². The number of aryl methyl sites for hydroxylation is 1. The summed E-state index contributed by atoms with van der Waals surface area (Å²) in [4.78, 5) is 1.28. The zero-order valence-corrected chi connectivity index (χ0v) is 10.0. The molecule has 6 nitrogen and oxygen atoms in total. The minimum absolute atomic E-state index is 0.108. The molecule has 2 aromatic rings. The SMILES string of the molecule is COc1ccc(C(O)Cc2nnn(C)n2)c(F)c1. The summed E-state index contributed by atoms with van der Waals surface area (Å²) >= 11 is 0. The van der Waals surface area contributed by atoms with Gasteiger partial charge in [-0.1, -0.05) is 0 Å². The predicted octanol–water partition coefficient (Wildman–Crippen LogP) is 0.634. The van der Waals surface area contributed by atoms with E-state index < -0.39 is 11.9 Å². The maximum absolute atomic E-state index is 13.7. The molecule has 0 saturated heterocycles. The number of aliphatic hydroxyl groups is 1. The maximum Gasteiger partial charge on any atom is 0.177 e. The Hall–Kier alpha value is -2.02. The average molecular weight is 252 g/mol. The molecule has 0 spiro atoms. The number of hydrogen-bond acceptors (Lipinski definition) is 5. The standard InChI is InChI=1S/C11H13FN4O2/c1-16-14-11(13-15-16)6-10(17)8-4-3-7(18-2)5-9(8)12/h3-5,10,17H,6H2,1-2H3. The number of benzene rings is 1. The van der Waals surface area contributed by atoms with Crippen LogP contribution in [0.2, 0.25) is 0 Å². The average Bonchev–Trinajstić information content (AvgIpc) is 2.74. The highest BCUT2D eigenvalue weighted by molar-refractivity contribution is 5.30. The van der Waals surface area contributed by atoms with Gasteiger partial charge in [0.2, 0.25) is 0 Å². The van der Waals surface area contributed by atoms with Crippen molar-refractivity contribution in [3.8, 4) is 5.75 Å². The monoisotopic (exact) mass is 252 g/mol. The van der Waals surface area contributed by atoms with Gasteiger partial charge in [0.15, 0.2) is 5.82 Å². The lowest BCUT2D eigenvalue weighted by molar-refractivity contribution is 0.171. The van der Waals surface area contributed by atoms with E-state index in [0.29, 0.717) is 11.6 Å². The second kappa shape index (κ2) is 5.09. The van der Waals surface area contributed by atoms with Crippen molar-refractivity contribution in [3.05, 3.63) is 35.4 Å². The van der Waals surface area contributed by atoms with E-state index in [9.17, 15) is 9.50 Å².